The molecule has 0 saturated carbocycles. The number of aromatic nitrogens is 1. The first-order chi connectivity index (χ1) is 13.3. The van der Waals surface area contributed by atoms with Crippen LogP contribution < -0.4 is 0 Å². The number of benzene rings is 1. The first kappa shape index (κ1) is 21.0. The Kier molecular flexibility index (Phi) is 6.78. The number of ether oxygens (including phenoxy) is 3. The molecule has 9 heteroatoms. The van der Waals surface area contributed by atoms with Crippen LogP contribution >= 0.6 is 0 Å². The van der Waals surface area contributed by atoms with E-state index in [1.807, 2.05) is 0 Å². The van der Waals surface area contributed by atoms with E-state index in [1.54, 1.807) is 19.9 Å². The van der Waals surface area contributed by atoms with Gasteiger partial charge in [-0.15, -0.1) is 0 Å². The zero-order valence-electron chi connectivity index (χ0n) is 16.0. The Labute approximate surface area is 161 Å². The van der Waals surface area contributed by atoms with Crippen LogP contribution in [0.25, 0.3) is 11.1 Å². The Hall–Kier alpha value is -3.33. The molecule has 0 aliphatic rings. The molecule has 0 fully saturated rings. The van der Waals surface area contributed by atoms with E-state index in [1.165, 1.54) is 32.4 Å². The quantitative estimate of drug-likeness (QED) is 0.307. The molecule has 1 heterocycles. The van der Waals surface area contributed by atoms with E-state index in [0.717, 1.165) is 0 Å². The van der Waals surface area contributed by atoms with Crippen molar-refractivity contribution >= 4 is 17.6 Å². The van der Waals surface area contributed by atoms with Crippen LogP contribution in [0.1, 0.15) is 32.1 Å². The Balaban J connectivity index is 2.78. The van der Waals surface area contributed by atoms with Gasteiger partial charge < -0.3 is 14.2 Å². The normalized spacial score (nSPS) is 10.4. The van der Waals surface area contributed by atoms with Crippen molar-refractivity contribution in [2.45, 2.75) is 13.8 Å². The fourth-order valence-corrected chi connectivity index (χ4v) is 2.81. The second-order valence-electron chi connectivity index (χ2n) is 5.84. The van der Waals surface area contributed by atoms with Gasteiger partial charge in [-0.2, -0.15) is 0 Å². The van der Waals surface area contributed by atoms with E-state index in [-0.39, 0.29) is 35.6 Å². The second kappa shape index (κ2) is 9.05. The zero-order valence-corrected chi connectivity index (χ0v) is 16.0. The van der Waals surface area contributed by atoms with Crippen LogP contribution in [-0.2, 0) is 14.2 Å². The number of pyridine rings is 1. The maximum absolute atomic E-state index is 12.7. The summed E-state index contributed by atoms with van der Waals surface area (Å²) in [7, 11) is 2.67. The number of methoxy groups -OCH3 is 2. The molecule has 2 rings (SSSR count). The number of rotatable bonds is 7. The number of hydrogen-bond acceptors (Lipinski definition) is 8. The minimum absolute atomic E-state index is 0.00455. The van der Waals surface area contributed by atoms with E-state index in [2.05, 4.69) is 4.98 Å². The summed E-state index contributed by atoms with van der Waals surface area (Å²) < 4.78 is 14.9. The summed E-state index contributed by atoms with van der Waals surface area (Å²) in [4.78, 5) is 40.0. The molecule has 0 amide bonds. The molecule has 0 aliphatic heterocycles. The van der Waals surface area contributed by atoms with Crippen molar-refractivity contribution in [1.82, 2.24) is 4.98 Å². The van der Waals surface area contributed by atoms with Crippen molar-refractivity contribution in [3.63, 3.8) is 0 Å². The van der Waals surface area contributed by atoms with Crippen molar-refractivity contribution in [2.75, 3.05) is 27.4 Å². The van der Waals surface area contributed by atoms with Gasteiger partial charge in [0.2, 0.25) is 0 Å². The lowest BCUT2D eigenvalue weighted by molar-refractivity contribution is -0.384. The molecular weight excluding hydrogens is 368 g/mol. The Bertz CT molecular complexity index is 925. The minimum atomic E-state index is -0.714. The van der Waals surface area contributed by atoms with Gasteiger partial charge in [0.1, 0.15) is 6.61 Å². The molecule has 2 aromatic rings. The van der Waals surface area contributed by atoms with Crippen molar-refractivity contribution in [3.8, 4) is 11.1 Å². The Morgan fingerprint density at radius 2 is 1.71 bits per heavy atom. The third kappa shape index (κ3) is 4.32. The molecule has 0 bridgehead atoms. The number of nitro groups is 1. The average Bonchev–Trinajstić information content (AvgIpc) is 2.67. The fourth-order valence-electron chi connectivity index (χ4n) is 2.81. The smallest absolute Gasteiger partial charge is 0.340 e. The molecule has 1 aromatic heterocycles. The van der Waals surface area contributed by atoms with E-state index >= 15 is 0 Å². The molecule has 0 radical (unpaired) electrons. The molecule has 0 N–H and O–H groups in total. The van der Waals surface area contributed by atoms with Crippen LogP contribution in [0.3, 0.4) is 0 Å². The molecule has 9 nitrogen and oxygen atoms in total. The molecule has 28 heavy (non-hydrogen) atoms. The highest BCUT2D eigenvalue weighted by atomic mass is 16.6. The maximum Gasteiger partial charge on any atom is 0.340 e. The predicted octanol–water partition coefficient (Wildman–Crippen LogP) is 2.86. The lowest BCUT2D eigenvalue weighted by atomic mass is 9.92. The number of carbonyl (C=O) groups is 2. The summed E-state index contributed by atoms with van der Waals surface area (Å²) in [5.41, 5.74) is 1.06. The van der Waals surface area contributed by atoms with E-state index in [9.17, 15) is 19.7 Å². The van der Waals surface area contributed by atoms with E-state index in [0.29, 0.717) is 17.0 Å². The van der Waals surface area contributed by atoms with Crippen molar-refractivity contribution in [1.29, 1.82) is 0 Å². The maximum atomic E-state index is 12.7. The van der Waals surface area contributed by atoms with Crippen LogP contribution in [0.2, 0.25) is 0 Å². The largest absolute Gasteiger partial charge is 0.465 e. The molecule has 0 saturated heterocycles. The lowest BCUT2D eigenvalue weighted by Crippen LogP contribution is -2.18. The van der Waals surface area contributed by atoms with Crippen LogP contribution in [0.4, 0.5) is 5.69 Å². The van der Waals surface area contributed by atoms with Gasteiger partial charge in [0.15, 0.2) is 0 Å². The molecule has 148 valence electrons. The van der Waals surface area contributed by atoms with Crippen molar-refractivity contribution in [2.24, 2.45) is 0 Å². The number of aryl methyl sites for hydroxylation is 2. The Morgan fingerprint density at radius 3 is 2.29 bits per heavy atom. The van der Waals surface area contributed by atoms with Crippen LogP contribution in [0, 0.1) is 24.0 Å². The second-order valence-corrected chi connectivity index (χ2v) is 5.84. The lowest BCUT2D eigenvalue weighted by Gasteiger charge is -2.17. The molecular formula is C19H20N2O7. The molecule has 0 unspecified atom stereocenters. The van der Waals surface area contributed by atoms with Gasteiger partial charge in [0.05, 0.1) is 41.2 Å². The van der Waals surface area contributed by atoms with Gasteiger partial charge in [-0.05, 0) is 19.4 Å². The number of carbonyl (C=O) groups excluding carboxylic acids is 2. The summed E-state index contributed by atoms with van der Waals surface area (Å²) >= 11 is 0. The monoisotopic (exact) mass is 388 g/mol. The molecule has 0 atom stereocenters. The van der Waals surface area contributed by atoms with Crippen LogP contribution in [-0.4, -0.2) is 49.3 Å². The molecule has 1 aromatic carbocycles. The van der Waals surface area contributed by atoms with Gasteiger partial charge >= 0.3 is 11.9 Å². The number of nitrogens with zero attached hydrogens (tertiary/aromatic N) is 2. The Morgan fingerprint density at radius 1 is 1.07 bits per heavy atom. The van der Waals surface area contributed by atoms with Gasteiger partial charge in [-0.25, -0.2) is 9.59 Å². The van der Waals surface area contributed by atoms with Gasteiger partial charge in [-0.1, -0.05) is 12.1 Å². The summed E-state index contributed by atoms with van der Waals surface area (Å²) in [6.45, 7) is 3.40. The topological polar surface area (TPSA) is 118 Å². The summed E-state index contributed by atoms with van der Waals surface area (Å²) in [6, 6.07) is 5.64. The van der Waals surface area contributed by atoms with Gasteiger partial charge in [0.25, 0.3) is 5.69 Å². The van der Waals surface area contributed by atoms with Crippen molar-refractivity contribution < 1.29 is 28.7 Å². The van der Waals surface area contributed by atoms with Gasteiger partial charge in [0, 0.05) is 24.8 Å². The highest BCUT2D eigenvalue weighted by molar-refractivity contribution is 6.07. The number of non-ortho nitro benzene ring substituents is 1. The minimum Gasteiger partial charge on any atom is -0.465 e. The average molecular weight is 388 g/mol. The highest BCUT2D eigenvalue weighted by Gasteiger charge is 2.28. The predicted molar refractivity (Wildman–Crippen MR) is 99.3 cm³/mol. The van der Waals surface area contributed by atoms with E-state index in [4.69, 9.17) is 14.2 Å². The fraction of sp³-hybridized carbons (Fsp3) is 0.316. The number of nitro benzene ring substituents is 1. The molecule has 0 spiro atoms. The third-order valence-corrected chi connectivity index (χ3v) is 4.02. The van der Waals surface area contributed by atoms with Crippen LogP contribution in [0.15, 0.2) is 24.3 Å². The third-order valence-electron chi connectivity index (χ3n) is 4.02. The zero-order chi connectivity index (χ0) is 20.8. The van der Waals surface area contributed by atoms with Gasteiger partial charge in [-0.3, -0.25) is 15.1 Å². The number of hydrogen-bond donors (Lipinski definition) is 0. The standard InChI is InChI=1S/C19H20N2O7/c1-11-15(18(22)27-4)17(13-6-5-7-14(10-13)21(24)25)16(12(2)20-11)19(23)28-9-8-26-3/h5-7,10H,8-9H2,1-4H3. The van der Waals surface area contributed by atoms with Crippen LogP contribution in [0.5, 0.6) is 0 Å². The SMILES string of the molecule is COCCOC(=O)c1c(C)nc(C)c(C(=O)OC)c1-c1cccc([N+](=O)[O-])c1. The summed E-state index contributed by atoms with van der Waals surface area (Å²) in [5.74, 6) is -1.42. The first-order valence-electron chi connectivity index (χ1n) is 8.32. The summed E-state index contributed by atoms with van der Waals surface area (Å²) in [5, 5.41) is 11.2. The van der Waals surface area contributed by atoms with E-state index < -0.39 is 16.9 Å². The summed E-state index contributed by atoms with van der Waals surface area (Å²) in [6.07, 6.45) is 0. The van der Waals surface area contributed by atoms with Crippen molar-refractivity contribution in [3.05, 3.63) is 56.9 Å². The molecule has 0 aliphatic carbocycles. The highest BCUT2D eigenvalue weighted by Crippen LogP contribution is 2.34. The number of esters is 2. The first-order valence-corrected chi connectivity index (χ1v) is 8.32.